The minimum Gasteiger partial charge on any atom is -0.398 e. The van der Waals surface area contributed by atoms with Crippen LogP contribution >= 0.6 is 12.6 Å². The summed E-state index contributed by atoms with van der Waals surface area (Å²) in [4.78, 5) is 25.5. The number of rotatable bonds is 5. The summed E-state index contributed by atoms with van der Waals surface area (Å²) in [6, 6.07) is 21.1. The number of nitrogens with one attached hydrogen (secondary N) is 2. The van der Waals surface area contributed by atoms with Crippen LogP contribution in [0.15, 0.2) is 77.7 Å². The van der Waals surface area contributed by atoms with Gasteiger partial charge in [0.1, 0.15) is 0 Å². The fourth-order valence-corrected chi connectivity index (χ4v) is 2.71. The van der Waals surface area contributed by atoms with Crippen LogP contribution in [0.4, 0.5) is 17.1 Å². The van der Waals surface area contributed by atoms with Gasteiger partial charge in [0.25, 0.3) is 5.91 Å². The molecule has 3 rings (SSSR count). The molecule has 3 aromatic rings. The van der Waals surface area contributed by atoms with Gasteiger partial charge in [-0.1, -0.05) is 24.3 Å². The third-order valence-electron chi connectivity index (χ3n) is 3.94. The van der Waals surface area contributed by atoms with Gasteiger partial charge in [0.05, 0.1) is 6.42 Å². The molecule has 27 heavy (non-hydrogen) atoms. The summed E-state index contributed by atoms with van der Waals surface area (Å²) >= 11 is 4.22. The highest BCUT2D eigenvalue weighted by Crippen LogP contribution is 2.17. The van der Waals surface area contributed by atoms with Crippen LogP contribution in [0.25, 0.3) is 0 Å². The van der Waals surface area contributed by atoms with Crippen molar-refractivity contribution >= 4 is 41.5 Å². The van der Waals surface area contributed by atoms with Crippen LogP contribution in [-0.4, -0.2) is 11.8 Å². The van der Waals surface area contributed by atoms with Crippen molar-refractivity contribution in [1.29, 1.82) is 0 Å². The highest BCUT2D eigenvalue weighted by molar-refractivity contribution is 7.80. The number of anilines is 3. The second kappa shape index (κ2) is 8.42. The minimum absolute atomic E-state index is 0.166. The largest absolute Gasteiger partial charge is 0.398 e. The Morgan fingerprint density at radius 1 is 0.852 bits per heavy atom. The fraction of sp³-hybridized carbons (Fsp3) is 0.0476. The van der Waals surface area contributed by atoms with E-state index in [0.29, 0.717) is 22.6 Å². The quantitative estimate of drug-likeness (QED) is 0.401. The summed E-state index contributed by atoms with van der Waals surface area (Å²) in [5.41, 5.74) is 8.88. The fourth-order valence-electron chi connectivity index (χ4n) is 2.56. The highest BCUT2D eigenvalue weighted by atomic mass is 32.1. The van der Waals surface area contributed by atoms with E-state index in [-0.39, 0.29) is 18.2 Å². The molecule has 0 aliphatic heterocycles. The van der Waals surface area contributed by atoms with Crippen LogP contribution in [0, 0.1) is 0 Å². The molecule has 0 aliphatic carbocycles. The second-order valence-electron chi connectivity index (χ2n) is 6.01. The lowest BCUT2D eigenvalue weighted by atomic mass is 10.1. The maximum absolute atomic E-state index is 12.4. The zero-order chi connectivity index (χ0) is 19.2. The number of hydrogen-bond donors (Lipinski definition) is 4. The minimum atomic E-state index is -0.259. The number of amides is 2. The maximum Gasteiger partial charge on any atom is 0.255 e. The molecule has 6 heteroatoms. The maximum atomic E-state index is 12.4. The Labute approximate surface area is 163 Å². The number of nitrogen functional groups attached to an aromatic ring is 1. The second-order valence-corrected chi connectivity index (χ2v) is 6.52. The number of thiol groups is 1. The van der Waals surface area contributed by atoms with E-state index in [1.165, 1.54) is 0 Å². The van der Waals surface area contributed by atoms with E-state index in [2.05, 4.69) is 23.3 Å². The Morgan fingerprint density at radius 2 is 1.59 bits per heavy atom. The Morgan fingerprint density at radius 3 is 2.33 bits per heavy atom. The van der Waals surface area contributed by atoms with Gasteiger partial charge in [0.2, 0.25) is 5.91 Å². The monoisotopic (exact) mass is 377 g/mol. The molecule has 2 amide bonds. The van der Waals surface area contributed by atoms with Gasteiger partial charge in [-0.3, -0.25) is 9.59 Å². The standard InChI is InChI=1S/C21H19N3O2S/c22-19-7-2-1-4-14(19)13-20(25)23-17-6-3-5-15(12-17)21(26)24-16-8-10-18(27)11-9-16/h1-12,27H,13,22H2,(H,23,25)(H,24,26). The van der Waals surface area contributed by atoms with Gasteiger partial charge in [-0.15, -0.1) is 12.6 Å². The summed E-state index contributed by atoms with van der Waals surface area (Å²) in [6.07, 6.45) is 0.166. The average molecular weight is 377 g/mol. The van der Waals surface area contributed by atoms with E-state index in [1.807, 2.05) is 18.2 Å². The number of hydrogen-bond acceptors (Lipinski definition) is 4. The predicted octanol–water partition coefficient (Wildman–Crippen LogP) is 3.99. The van der Waals surface area contributed by atoms with Crippen LogP contribution in [0.3, 0.4) is 0 Å². The molecular formula is C21H19N3O2S. The van der Waals surface area contributed by atoms with Gasteiger partial charge in [-0.2, -0.15) is 0 Å². The van der Waals surface area contributed by atoms with Crippen LogP contribution in [-0.2, 0) is 11.2 Å². The molecule has 0 aromatic heterocycles. The molecule has 0 fully saturated rings. The van der Waals surface area contributed by atoms with E-state index in [9.17, 15) is 9.59 Å². The van der Waals surface area contributed by atoms with Crippen molar-refractivity contribution in [2.24, 2.45) is 0 Å². The van der Waals surface area contributed by atoms with E-state index >= 15 is 0 Å². The summed E-state index contributed by atoms with van der Waals surface area (Å²) in [6.45, 7) is 0. The summed E-state index contributed by atoms with van der Waals surface area (Å²) < 4.78 is 0. The Balaban J connectivity index is 1.66. The predicted molar refractivity (Wildman–Crippen MR) is 111 cm³/mol. The number of nitrogens with two attached hydrogens (primary N) is 1. The zero-order valence-corrected chi connectivity index (χ0v) is 15.4. The van der Waals surface area contributed by atoms with Gasteiger partial charge in [0.15, 0.2) is 0 Å². The molecule has 0 saturated carbocycles. The van der Waals surface area contributed by atoms with Crippen molar-refractivity contribution in [3.63, 3.8) is 0 Å². The molecule has 0 heterocycles. The number of para-hydroxylation sites is 1. The Kier molecular flexibility index (Phi) is 5.78. The van der Waals surface area contributed by atoms with E-state index in [0.717, 1.165) is 10.5 Å². The molecule has 0 atom stereocenters. The molecule has 0 unspecified atom stereocenters. The molecule has 0 saturated heterocycles. The molecule has 0 bridgehead atoms. The van der Waals surface area contributed by atoms with Crippen molar-refractivity contribution in [3.8, 4) is 0 Å². The van der Waals surface area contributed by atoms with Crippen LogP contribution in [0.1, 0.15) is 15.9 Å². The summed E-state index contributed by atoms with van der Waals surface area (Å²) in [5, 5.41) is 5.61. The highest BCUT2D eigenvalue weighted by Gasteiger charge is 2.10. The first kappa shape index (κ1) is 18.5. The number of carbonyl (C=O) groups is 2. The van der Waals surface area contributed by atoms with Gasteiger partial charge in [-0.25, -0.2) is 0 Å². The van der Waals surface area contributed by atoms with E-state index in [1.54, 1.807) is 54.6 Å². The van der Waals surface area contributed by atoms with Gasteiger partial charge < -0.3 is 16.4 Å². The molecular weight excluding hydrogens is 358 g/mol. The molecule has 5 nitrogen and oxygen atoms in total. The lowest BCUT2D eigenvalue weighted by molar-refractivity contribution is -0.115. The third kappa shape index (κ3) is 5.12. The van der Waals surface area contributed by atoms with E-state index < -0.39 is 0 Å². The number of carbonyl (C=O) groups excluding carboxylic acids is 2. The normalized spacial score (nSPS) is 10.3. The molecule has 4 N–H and O–H groups in total. The van der Waals surface area contributed by atoms with Crippen LogP contribution in [0.5, 0.6) is 0 Å². The van der Waals surface area contributed by atoms with Crippen molar-refractivity contribution < 1.29 is 9.59 Å². The molecule has 0 spiro atoms. The van der Waals surface area contributed by atoms with Gasteiger partial charge in [-0.05, 0) is 54.1 Å². The zero-order valence-electron chi connectivity index (χ0n) is 14.5. The summed E-state index contributed by atoms with van der Waals surface area (Å²) in [5.74, 6) is -0.458. The SMILES string of the molecule is Nc1ccccc1CC(=O)Nc1cccc(C(=O)Nc2ccc(S)cc2)c1. The Bertz CT molecular complexity index is 971. The number of benzene rings is 3. The van der Waals surface area contributed by atoms with Crippen molar-refractivity contribution in [2.45, 2.75) is 11.3 Å². The first-order chi connectivity index (χ1) is 13.0. The lowest BCUT2D eigenvalue weighted by Gasteiger charge is -2.09. The van der Waals surface area contributed by atoms with Gasteiger partial charge in [0, 0.05) is 27.5 Å². The van der Waals surface area contributed by atoms with Crippen molar-refractivity contribution in [1.82, 2.24) is 0 Å². The van der Waals surface area contributed by atoms with Crippen LogP contribution < -0.4 is 16.4 Å². The topological polar surface area (TPSA) is 84.2 Å². The smallest absolute Gasteiger partial charge is 0.255 e. The Hall–Kier alpha value is -3.25. The molecule has 0 aliphatic rings. The van der Waals surface area contributed by atoms with Gasteiger partial charge >= 0.3 is 0 Å². The van der Waals surface area contributed by atoms with Crippen molar-refractivity contribution in [2.75, 3.05) is 16.4 Å². The summed E-state index contributed by atoms with van der Waals surface area (Å²) in [7, 11) is 0. The average Bonchev–Trinajstić information content (AvgIpc) is 2.65. The molecule has 0 radical (unpaired) electrons. The molecule has 3 aromatic carbocycles. The first-order valence-electron chi connectivity index (χ1n) is 8.35. The van der Waals surface area contributed by atoms with Crippen LogP contribution in [0.2, 0.25) is 0 Å². The first-order valence-corrected chi connectivity index (χ1v) is 8.79. The molecule has 136 valence electrons. The third-order valence-corrected chi connectivity index (χ3v) is 4.24. The van der Waals surface area contributed by atoms with Crippen molar-refractivity contribution in [3.05, 3.63) is 83.9 Å². The lowest BCUT2D eigenvalue weighted by Crippen LogP contribution is -2.16. The van der Waals surface area contributed by atoms with E-state index in [4.69, 9.17) is 5.73 Å².